The predicted molar refractivity (Wildman–Crippen MR) is 77.6 cm³/mol. The summed E-state index contributed by atoms with van der Waals surface area (Å²) in [6.07, 6.45) is 4.67. The zero-order valence-corrected chi connectivity index (χ0v) is 12.3. The lowest BCUT2D eigenvalue weighted by molar-refractivity contribution is 0.0921. The summed E-state index contributed by atoms with van der Waals surface area (Å²) in [6, 6.07) is 9.93. The molecule has 0 saturated heterocycles. The fourth-order valence-corrected chi connectivity index (χ4v) is 3.01. The molecule has 0 heterocycles. The van der Waals surface area contributed by atoms with Gasteiger partial charge in [0.25, 0.3) is 5.91 Å². The van der Waals surface area contributed by atoms with E-state index in [0.29, 0.717) is 17.9 Å². The minimum atomic E-state index is -0.0174. The molecule has 1 fully saturated rings. The molecule has 1 aliphatic carbocycles. The van der Waals surface area contributed by atoms with Gasteiger partial charge in [-0.25, -0.2) is 0 Å². The van der Waals surface area contributed by atoms with Crippen LogP contribution in [-0.4, -0.2) is 11.9 Å². The van der Waals surface area contributed by atoms with E-state index in [2.05, 4.69) is 27.3 Å². The van der Waals surface area contributed by atoms with E-state index >= 15 is 0 Å². The van der Waals surface area contributed by atoms with Gasteiger partial charge in [0.2, 0.25) is 0 Å². The lowest BCUT2D eigenvalue weighted by Crippen LogP contribution is -2.37. The van der Waals surface area contributed by atoms with Gasteiger partial charge in [-0.1, -0.05) is 12.1 Å². The number of carbonyl (C=O) groups excluding carboxylic acids is 1. The van der Waals surface area contributed by atoms with E-state index in [1.54, 1.807) is 0 Å². The SMILES string of the molecule is N#CCC1CCC(NC(=O)c2ccccc2Br)CC1. The second-order valence-electron chi connectivity index (χ2n) is 5.03. The molecule has 0 atom stereocenters. The monoisotopic (exact) mass is 320 g/mol. The number of nitrogens with one attached hydrogen (secondary N) is 1. The molecule has 1 N–H and O–H groups in total. The van der Waals surface area contributed by atoms with Crippen molar-refractivity contribution in [2.24, 2.45) is 5.92 Å². The van der Waals surface area contributed by atoms with Crippen LogP contribution in [0, 0.1) is 17.2 Å². The van der Waals surface area contributed by atoms with Crippen LogP contribution < -0.4 is 5.32 Å². The van der Waals surface area contributed by atoms with Gasteiger partial charge in [-0.2, -0.15) is 5.26 Å². The Bertz CT molecular complexity index is 487. The van der Waals surface area contributed by atoms with Crippen LogP contribution in [0.2, 0.25) is 0 Å². The number of amides is 1. The Labute approximate surface area is 122 Å². The molecule has 2 rings (SSSR count). The smallest absolute Gasteiger partial charge is 0.252 e. The standard InChI is InChI=1S/C15H17BrN2O/c16-14-4-2-1-3-13(14)15(19)18-12-7-5-11(6-8-12)9-10-17/h1-4,11-12H,5-9H2,(H,18,19). The van der Waals surface area contributed by atoms with Gasteiger partial charge in [0.1, 0.15) is 0 Å². The normalized spacial score (nSPS) is 22.5. The molecule has 1 amide bonds. The Morgan fingerprint density at radius 2 is 2.00 bits per heavy atom. The molecule has 0 aromatic heterocycles. The Hall–Kier alpha value is -1.34. The molecule has 100 valence electrons. The fourth-order valence-electron chi connectivity index (χ4n) is 2.55. The summed E-state index contributed by atoms with van der Waals surface area (Å²) in [4.78, 5) is 12.1. The van der Waals surface area contributed by atoms with Gasteiger partial charge in [0.15, 0.2) is 0 Å². The molecule has 1 saturated carbocycles. The molecule has 0 unspecified atom stereocenters. The number of carbonyl (C=O) groups is 1. The van der Waals surface area contributed by atoms with Gasteiger partial charge in [-0.05, 0) is 59.7 Å². The Kier molecular flexibility index (Phi) is 4.98. The molecule has 0 spiro atoms. The second kappa shape index (κ2) is 6.72. The first-order chi connectivity index (χ1) is 9.20. The predicted octanol–water partition coefficient (Wildman–Crippen LogP) is 3.65. The minimum Gasteiger partial charge on any atom is -0.349 e. The maximum atomic E-state index is 12.1. The van der Waals surface area contributed by atoms with E-state index in [1.165, 1.54) is 0 Å². The van der Waals surface area contributed by atoms with Crippen LogP contribution in [0.25, 0.3) is 0 Å². The van der Waals surface area contributed by atoms with Crippen molar-refractivity contribution in [1.82, 2.24) is 5.32 Å². The summed E-state index contributed by atoms with van der Waals surface area (Å²) >= 11 is 3.39. The van der Waals surface area contributed by atoms with Crippen LogP contribution in [0.15, 0.2) is 28.7 Å². The molecule has 0 aliphatic heterocycles. The van der Waals surface area contributed by atoms with Crippen molar-refractivity contribution in [3.8, 4) is 6.07 Å². The van der Waals surface area contributed by atoms with Gasteiger partial charge in [-0.15, -0.1) is 0 Å². The van der Waals surface area contributed by atoms with Crippen LogP contribution in [-0.2, 0) is 0 Å². The number of nitrogens with zero attached hydrogens (tertiary/aromatic N) is 1. The maximum Gasteiger partial charge on any atom is 0.252 e. The first-order valence-corrected chi connectivity index (χ1v) is 7.42. The van der Waals surface area contributed by atoms with Crippen molar-refractivity contribution in [2.75, 3.05) is 0 Å². The van der Waals surface area contributed by atoms with E-state index in [9.17, 15) is 4.79 Å². The highest BCUT2D eigenvalue weighted by Crippen LogP contribution is 2.27. The Morgan fingerprint density at radius 3 is 2.63 bits per heavy atom. The van der Waals surface area contributed by atoms with E-state index in [4.69, 9.17) is 5.26 Å². The maximum absolute atomic E-state index is 12.1. The lowest BCUT2D eigenvalue weighted by atomic mass is 9.84. The zero-order valence-electron chi connectivity index (χ0n) is 10.7. The number of nitriles is 1. The average molecular weight is 321 g/mol. The van der Waals surface area contributed by atoms with E-state index in [1.807, 2.05) is 24.3 Å². The Balaban J connectivity index is 1.88. The molecule has 19 heavy (non-hydrogen) atoms. The molecule has 0 bridgehead atoms. The number of hydrogen-bond donors (Lipinski definition) is 1. The molecule has 1 aliphatic rings. The number of halogens is 1. The molecule has 3 nitrogen and oxygen atoms in total. The zero-order chi connectivity index (χ0) is 13.7. The third-order valence-electron chi connectivity index (χ3n) is 3.68. The second-order valence-corrected chi connectivity index (χ2v) is 5.89. The summed E-state index contributed by atoms with van der Waals surface area (Å²) in [5.41, 5.74) is 0.682. The van der Waals surface area contributed by atoms with Crippen molar-refractivity contribution in [2.45, 2.75) is 38.1 Å². The first-order valence-electron chi connectivity index (χ1n) is 6.63. The first kappa shape index (κ1) is 14.1. The summed E-state index contributed by atoms with van der Waals surface area (Å²) in [7, 11) is 0. The highest BCUT2D eigenvalue weighted by atomic mass is 79.9. The quantitative estimate of drug-likeness (QED) is 0.924. The highest BCUT2D eigenvalue weighted by molar-refractivity contribution is 9.10. The molecule has 0 radical (unpaired) electrons. The molecular weight excluding hydrogens is 304 g/mol. The van der Waals surface area contributed by atoms with Crippen molar-refractivity contribution in [1.29, 1.82) is 5.26 Å². The largest absolute Gasteiger partial charge is 0.349 e. The molecule has 1 aromatic rings. The summed E-state index contributed by atoms with van der Waals surface area (Å²) in [6.45, 7) is 0. The van der Waals surface area contributed by atoms with E-state index in [0.717, 1.165) is 30.2 Å². The third kappa shape index (κ3) is 3.81. The lowest BCUT2D eigenvalue weighted by Gasteiger charge is -2.27. The van der Waals surface area contributed by atoms with Crippen LogP contribution in [0.3, 0.4) is 0 Å². The van der Waals surface area contributed by atoms with Gasteiger partial charge in [0.05, 0.1) is 11.6 Å². The molecular formula is C15H17BrN2O. The van der Waals surface area contributed by atoms with Gasteiger partial charge in [0, 0.05) is 16.9 Å². The van der Waals surface area contributed by atoms with Gasteiger partial charge < -0.3 is 5.32 Å². The van der Waals surface area contributed by atoms with E-state index in [-0.39, 0.29) is 11.9 Å². The van der Waals surface area contributed by atoms with Crippen molar-refractivity contribution >= 4 is 21.8 Å². The summed E-state index contributed by atoms with van der Waals surface area (Å²) < 4.78 is 0.825. The summed E-state index contributed by atoms with van der Waals surface area (Å²) in [5.74, 6) is 0.498. The highest BCUT2D eigenvalue weighted by Gasteiger charge is 2.22. The van der Waals surface area contributed by atoms with Crippen LogP contribution in [0.1, 0.15) is 42.5 Å². The average Bonchev–Trinajstić information content (AvgIpc) is 2.42. The third-order valence-corrected chi connectivity index (χ3v) is 4.37. The minimum absolute atomic E-state index is 0.0174. The van der Waals surface area contributed by atoms with Gasteiger partial charge >= 0.3 is 0 Å². The van der Waals surface area contributed by atoms with Crippen LogP contribution in [0.4, 0.5) is 0 Å². The number of rotatable bonds is 3. The number of hydrogen-bond acceptors (Lipinski definition) is 2. The topological polar surface area (TPSA) is 52.9 Å². The van der Waals surface area contributed by atoms with Crippen LogP contribution >= 0.6 is 15.9 Å². The van der Waals surface area contributed by atoms with Crippen LogP contribution in [0.5, 0.6) is 0 Å². The molecule has 1 aromatic carbocycles. The summed E-state index contributed by atoms with van der Waals surface area (Å²) in [5, 5.41) is 11.8. The van der Waals surface area contributed by atoms with Gasteiger partial charge in [-0.3, -0.25) is 4.79 Å². The fraction of sp³-hybridized carbons (Fsp3) is 0.467. The number of benzene rings is 1. The van der Waals surface area contributed by atoms with Crippen molar-refractivity contribution in [3.63, 3.8) is 0 Å². The molecule has 4 heteroatoms. The van der Waals surface area contributed by atoms with E-state index < -0.39 is 0 Å². The van der Waals surface area contributed by atoms with Crippen molar-refractivity contribution < 1.29 is 4.79 Å². The Morgan fingerprint density at radius 1 is 1.32 bits per heavy atom. The van der Waals surface area contributed by atoms with Crippen molar-refractivity contribution in [3.05, 3.63) is 34.3 Å².